The standard InChI is InChI=1S/C14H19ClFN/c1-17-13(10-5-2-3-6-10)9-11-7-4-8-12(16)14(11)15/h4,7-8,10,13,17H,2-3,5-6,9H2,1H3. The van der Waals surface area contributed by atoms with Gasteiger partial charge < -0.3 is 5.32 Å². The lowest BCUT2D eigenvalue weighted by Gasteiger charge is -2.23. The molecule has 1 nitrogen and oxygen atoms in total. The molecule has 1 aromatic rings. The van der Waals surface area contributed by atoms with Crippen molar-refractivity contribution in [3.63, 3.8) is 0 Å². The van der Waals surface area contributed by atoms with Crippen molar-refractivity contribution >= 4 is 11.6 Å². The highest BCUT2D eigenvalue weighted by molar-refractivity contribution is 6.31. The monoisotopic (exact) mass is 255 g/mol. The van der Waals surface area contributed by atoms with E-state index in [1.54, 1.807) is 6.07 Å². The minimum Gasteiger partial charge on any atom is -0.316 e. The fourth-order valence-electron chi connectivity index (χ4n) is 2.81. The highest BCUT2D eigenvalue weighted by atomic mass is 35.5. The molecule has 0 saturated heterocycles. The zero-order chi connectivity index (χ0) is 12.3. The second kappa shape index (κ2) is 5.83. The lowest BCUT2D eigenvalue weighted by Crippen LogP contribution is -2.34. The number of hydrogen-bond donors (Lipinski definition) is 1. The molecule has 1 atom stereocenters. The summed E-state index contributed by atoms with van der Waals surface area (Å²) in [6.45, 7) is 0. The average Bonchev–Trinajstić information content (AvgIpc) is 2.85. The van der Waals surface area contributed by atoms with Crippen molar-refractivity contribution in [2.75, 3.05) is 7.05 Å². The molecule has 0 bridgehead atoms. The highest BCUT2D eigenvalue weighted by Gasteiger charge is 2.24. The Kier molecular flexibility index (Phi) is 4.41. The van der Waals surface area contributed by atoms with Crippen LogP contribution in [0.3, 0.4) is 0 Å². The van der Waals surface area contributed by atoms with Crippen LogP contribution in [0.5, 0.6) is 0 Å². The van der Waals surface area contributed by atoms with Gasteiger partial charge in [-0.3, -0.25) is 0 Å². The number of hydrogen-bond acceptors (Lipinski definition) is 1. The molecule has 1 fully saturated rings. The minimum atomic E-state index is -0.314. The Balaban J connectivity index is 2.09. The van der Waals surface area contributed by atoms with Crippen molar-refractivity contribution in [2.24, 2.45) is 5.92 Å². The third kappa shape index (κ3) is 2.99. The maximum atomic E-state index is 13.4. The molecular formula is C14H19ClFN. The van der Waals surface area contributed by atoms with Gasteiger partial charge in [0.05, 0.1) is 5.02 Å². The molecule has 0 radical (unpaired) electrons. The minimum absolute atomic E-state index is 0.283. The van der Waals surface area contributed by atoms with Crippen molar-refractivity contribution in [3.05, 3.63) is 34.6 Å². The van der Waals surface area contributed by atoms with Gasteiger partial charge in [-0.05, 0) is 43.9 Å². The topological polar surface area (TPSA) is 12.0 Å². The fourth-order valence-corrected chi connectivity index (χ4v) is 3.01. The molecule has 1 unspecified atom stereocenters. The lowest BCUT2D eigenvalue weighted by atomic mass is 9.92. The predicted molar refractivity (Wildman–Crippen MR) is 69.9 cm³/mol. The van der Waals surface area contributed by atoms with Crippen LogP contribution >= 0.6 is 11.6 Å². The van der Waals surface area contributed by atoms with Gasteiger partial charge >= 0.3 is 0 Å². The number of likely N-dealkylation sites (N-methyl/N-ethyl adjacent to an activating group) is 1. The van der Waals surface area contributed by atoms with E-state index in [2.05, 4.69) is 5.32 Å². The Morgan fingerprint density at radius 1 is 1.41 bits per heavy atom. The van der Waals surface area contributed by atoms with Gasteiger partial charge in [0.25, 0.3) is 0 Å². The van der Waals surface area contributed by atoms with Gasteiger partial charge in [0.2, 0.25) is 0 Å². The molecule has 2 rings (SSSR count). The van der Waals surface area contributed by atoms with E-state index in [9.17, 15) is 4.39 Å². The van der Waals surface area contributed by atoms with E-state index in [0.29, 0.717) is 12.0 Å². The first-order valence-corrected chi connectivity index (χ1v) is 6.70. The van der Waals surface area contributed by atoms with Crippen molar-refractivity contribution < 1.29 is 4.39 Å². The summed E-state index contributed by atoms with van der Waals surface area (Å²) in [6.07, 6.45) is 6.01. The van der Waals surface area contributed by atoms with Crippen LogP contribution in [0.1, 0.15) is 31.2 Å². The van der Waals surface area contributed by atoms with Crippen molar-refractivity contribution in [1.82, 2.24) is 5.32 Å². The molecule has 3 heteroatoms. The van der Waals surface area contributed by atoms with Crippen molar-refractivity contribution in [3.8, 4) is 0 Å². The lowest BCUT2D eigenvalue weighted by molar-refractivity contribution is 0.377. The third-order valence-corrected chi connectivity index (χ3v) is 4.23. The van der Waals surface area contributed by atoms with Crippen molar-refractivity contribution in [2.45, 2.75) is 38.1 Å². The van der Waals surface area contributed by atoms with Gasteiger partial charge in [0.15, 0.2) is 0 Å². The second-order valence-corrected chi connectivity index (χ2v) is 5.23. The molecule has 1 N–H and O–H groups in total. The maximum Gasteiger partial charge on any atom is 0.142 e. The molecular weight excluding hydrogens is 237 g/mol. The molecule has 17 heavy (non-hydrogen) atoms. The van der Waals surface area contributed by atoms with E-state index in [0.717, 1.165) is 12.0 Å². The van der Waals surface area contributed by atoms with Crippen LogP contribution in [-0.2, 0) is 6.42 Å². The maximum absolute atomic E-state index is 13.4. The van der Waals surface area contributed by atoms with Crippen LogP contribution in [0, 0.1) is 11.7 Å². The van der Waals surface area contributed by atoms with Gasteiger partial charge in [-0.15, -0.1) is 0 Å². The predicted octanol–water partition coefficient (Wildman–Crippen LogP) is 3.80. The first kappa shape index (κ1) is 12.8. The molecule has 1 aliphatic carbocycles. The molecule has 94 valence electrons. The van der Waals surface area contributed by atoms with Crippen LogP contribution in [-0.4, -0.2) is 13.1 Å². The summed E-state index contributed by atoms with van der Waals surface area (Å²) in [5, 5.41) is 3.64. The highest BCUT2D eigenvalue weighted by Crippen LogP contribution is 2.30. The van der Waals surface area contributed by atoms with E-state index >= 15 is 0 Å². The first-order valence-electron chi connectivity index (χ1n) is 6.32. The molecule has 0 spiro atoms. The van der Waals surface area contributed by atoms with E-state index in [-0.39, 0.29) is 10.8 Å². The van der Waals surface area contributed by atoms with E-state index < -0.39 is 0 Å². The summed E-state index contributed by atoms with van der Waals surface area (Å²) in [7, 11) is 1.98. The zero-order valence-corrected chi connectivity index (χ0v) is 10.9. The molecule has 0 amide bonds. The molecule has 1 aromatic carbocycles. The van der Waals surface area contributed by atoms with E-state index in [1.165, 1.54) is 31.7 Å². The Labute approximate surface area is 107 Å². The molecule has 1 aliphatic rings. The van der Waals surface area contributed by atoms with Gasteiger partial charge in [-0.25, -0.2) is 4.39 Å². The normalized spacial score (nSPS) is 18.5. The quantitative estimate of drug-likeness (QED) is 0.863. The first-order chi connectivity index (χ1) is 8.22. The van der Waals surface area contributed by atoms with Gasteiger partial charge in [-0.2, -0.15) is 0 Å². The fraction of sp³-hybridized carbons (Fsp3) is 0.571. The van der Waals surface area contributed by atoms with Gasteiger partial charge in [0.1, 0.15) is 5.82 Å². The molecule has 0 aromatic heterocycles. The zero-order valence-electron chi connectivity index (χ0n) is 10.2. The van der Waals surface area contributed by atoms with E-state index in [1.807, 2.05) is 13.1 Å². The Bertz CT molecular complexity index is 374. The van der Waals surface area contributed by atoms with Gasteiger partial charge in [0, 0.05) is 6.04 Å². The summed E-state index contributed by atoms with van der Waals surface area (Å²) in [5.74, 6) is 0.393. The largest absolute Gasteiger partial charge is 0.316 e. The summed E-state index contributed by atoms with van der Waals surface area (Å²) in [6, 6.07) is 5.48. The van der Waals surface area contributed by atoms with Crippen LogP contribution in [0.25, 0.3) is 0 Å². The van der Waals surface area contributed by atoms with Crippen LogP contribution in [0.15, 0.2) is 18.2 Å². The summed E-state index contributed by atoms with van der Waals surface area (Å²) >= 11 is 6.00. The average molecular weight is 256 g/mol. The summed E-state index contributed by atoms with van der Waals surface area (Å²) in [5.41, 5.74) is 0.915. The number of halogens is 2. The van der Waals surface area contributed by atoms with Crippen LogP contribution in [0.4, 0.5) is 4.39 Å². The third-order valence-electron chi connectivity index (χ3n) is 3.81. The van der Waals surface area contributed by atoms with Crippen LogP contribution in [0.2, 0.25) is 5.02 Å². The molecule has 0 aliphatic heterocycles. The SMILES string of the molecule is CNC(Cc1cccc(F)c1Cl)C1CCCC1. The van der Waals surface area contributed by atoms with E-state index in [4.69, 9.17) is 11.6 Å². The Hall–Kier alpha value is -0.600. The molecule has 1 saturated carbocycles. The number of benzene rings is 1. The summed E-state index contributed by atoms with van der Waals surface area (Å²) in [4.78, 5) is 0. The second-order valence-electron chi connectivity index (χ2n) is 4.86. The van der Waals surface area contributed by atoms with Crippen molar-refractivity contribution in [1.29, 1.82) is 0 Å². The van der Waals surface area contributed by atoms with Crippen LogP contribution < -0.4 is 5.32 Å². The number of rotatable bonds is 4. The molecule has 0 heterocycles. The summed E-state index contributed by atoms with van der Waals surface area (Å²) < 4.78 is 13.4. The Morgan fingerprint density at radius 2 is 2.12 bits per heavy atom. The Morgan fingerprint density at radius 3 is 2.76 bits per heavy atom. The number of nitrogens with one attached hydrogen (secondary N) is 1. The smallest absolute Gasteiger partial charge is 0.142 e. The van der Waals surface area contributed by atoms with Gasteiger partial charge in [-0.1, -0.05) is 36.6 Å².